The average molecular weight is 367 g/mol. The third-order valence-electron chi connectivity index (χ3n) is 6.58. The zero-order chi connectivity index (χ0) is 18.8. The van der Waals surface area contributed by atoms with E-state index in [0.717, 1.165) is 23.9 Å². The molecule has 2 heterocycles. The number of piperidine rings is 1. The summed E-state index contributed by atoms with van der Waals surface area (Å²) in [6.07, 6.45) is 9.87. The van der Waals surface area contributed by atoms with Crippen molar-refractivity contribution in [2.24, 2.45) is 11.8 Å². The number of likely N-dealkylation sites (tertiary alicyclic amines) is 1. The Hall–Kier alpha value is -2.14. The Labute approximate surface area is 161 Å². The number of hydrogen-bond donors (Lipinski definition) is 1. The predicted molar refractivity (Wildman–Crippen MR) is 109 cm³/mol. The van der Waals surface area contributed by atoms with Gasteiger partial charge in [0.2, 0.25) is 0 Å². The molecule has 1 atom stereocenters. The van der Waals surface area contributed by atoms with Crippen molar-refractivity contribution >= 4 is 5.82 Å². The fourth-order valence-electron chi connectivity index (χ4n) is 4.62. The molecule has 27 heavy (non-hydrogen) atoms. The van der Waals surface area contributed by atoms with Crippen LogP contribution in [0.3, 0.4) is 0 Å². The molecule has 1 unspecified atom stereocenters. The van der Waals surface area contributed by atoms with E-state index in [0.29, 0.717) is 6.04 Å². The van der Waals surface area contributed by atoms with Crippen molar-refractivity contribution in [1.82, 2.24) is 14.5 Å². The summed E-state index contributed by atoms with van der Waals surface area (Å²) in [5.74, 6) is 2.26. The van der Waals surface area contributed by atoms with Gasteiger partial charge in [-0.2, -0.15) is 4.98 Å². The molecular formula is C22H30N4O. The van der Waals surface area contributed by atoms with Crippen LogP contribution in [0.5, 0.6) is 0 Å². The molecule has 2 N–H and O–H groups in total. The zero-order valence-corrected chi connectivity index (χ0v) is 16.2. The van der Waals surface area contributed by atoms with Crippen LogP contribution in [0.2, 0.25) is 0 Å². The average Bonchev–Trinajstić information content (AvgIpc) is 2.62. The van der Waals surface area contributed by atoms with Crippen LogP contribution >= 0.6 is 0 Å². The molecular weight excluding hydrogens is 336 g/mol. The fourth-order valence-corrected chi connectivity index (χ4v) is 4.62. The number of hydrogen-bond acceptors (Lipinski definition) is 4. The number of nitrogen functional groups attached to an aromatic ring is 1. The van der Waals surface area contributed by atoms with Crippen LogP contribution < -0.4 is 11.4 Å². The highest BCUT2D eigenvalue weighted by Crippen LogP contribution is 2.38. The van der Waals surface area contributed by atoms with Gasteiger partial charge in [-0.3, -0.25) is 4.57 Å². The standard InChI is InChI=1S/C22H30N4O/c1-16(25-12-9-19(10-13-25)18-3-2-4-18)15-17-5-7-20(8-6-17)26-14-11-21(23)24-22(26)27/h5-8,11,14,16,18-19H,2-4,9-10,12-13,15H2,1H3,(H2,23,24,27). The minimum Gasteiger partial charge on any atom is -0.383 e. The molecule has 144 valence electrons. The Morgan fingerprint density at radius 1 is 1.07 bits per heavy atom. The van der Waals surface area contributed by atoms with Crippen molar-refractivity contribution in [3.05, 3.63) is 52.6 Å². The molecule has 5 heteroatoms. The molecule has 1 aromatic heterocycles. The molecule has 0 radical (unpaired) electrons. The highest BCUT2D eigenvalue weighted by Gasteiger charge is 2.31. The predicted octanol–water partition coefficient (Wildman–Crippen LogP) is 3.26. The monoisotopic (exact) mass is 366 g/mol. The van der Waals surface area contributed by atoms with Gasteiger partial charge in [-0.25, -0.2) is 4.79 Å². The molecule has 1 saturated carbocycles. The highest BCUT2D eigenvalue weighted by molar-refractivity contribution is 5.36. The van der Waals surface area contributed by atoms with E-state index in [4.69, 9.17) is 5.73 Å². The molecule has 0 bridgehead atoms. The summed E-state index contributed by atoms with van der Waals surface area (Å²) in [6.45, 7) is 4.83. The second kappa shape index (κ2) is 7.85. The first kappa shape index (κ1) is 18.2. The minimum atomic E-state index is -0.342. The number of benzene rings is 1. The van der Waals surface area contributed by atoms with Gasteiger partial charge in [0.25, 0.3) is 0 Å². The minimum absolute atomic E-state index is 0.253. The van der Waals surface area contributed by atoms with Crippen LogP contribution in [0.15, 0.2) is 41.3 Å². The van der Waals surface area contributed by atoms with Gasteiger partial charge in [0.1, 0.15) is 5.82 Å². The van der Waals surface area contributed by atoms with E-state index in [-0.39, 0.29) is 11.5 Å². The lowest BCUT2D eigenvalue weighted by molar-refractivity contribution is 0.0858. The fraction of sp³-hybridized carbons (Fsp3) is 0.545. The number of nitrogens with zero attached hydrogens (tertiary/aromatic N) is 3. The van der Waals surface area contributed by atoms with E-state index >= 15 is 0 Å². The maximum atomic E-state index is 12.0. The molecule has 1 aliphatic carbocycles. The molecule has 2 aliphatic rings. The van der Waals surface area contributed by atoms with E-state index in [2.05, 4.69) is 28.9 Å². The van der Waals surface area contributed by atoms with Gasteiger partial charge in [-0.15, -0.1) is 0 Å². The maximum absolute atomic E-state index is 12.0. The van der Waals surface area contributed by atoms with Gasteiger partial charge in [0, 0.05) is 12.2 Å². The van der Waals surface area contributed by atoms with Gasteiger partial charge in [0.05, 0.1) is 5.69 Å². The lowest BCUT2D eigenvalue weighted by Gasteiger charge is -2.41. The first-order valence-corrected chi connectivity index (χ1v) is 10.3. The second-order valence-electron chi connectivity index (χ2n) is 8.29. The van der Waals surface area contributed by atoms with Crippen molar-refractivity contribution in [2.45, 2.75) is 51.5 Å². The van der Waals surface area contributed by atoms with Crippen molar-refractivity contribution < 1.29 is 0 Å². The molecule has 0 amide bonds. The van der Waals surface area contributed by atoms with Gasteiger partial charge < -0.3 is 10.6 Å². The first-order chi connectivity index (χ1) is 13.1. The summed E-state index contributed by atoms with van der Waals surface area (Å²) in [7, 11) is 0. The molecule has 1 saturated heterocycles. The van der Waals surface area contributed by atoms with E-state index < -0.39 is 0 Å². The third kappa shape index (κ3) is 4.08. The Morgan fingerprint density at radius 3 is 2.33 bits per heavy atom. The van der Waals surface area contributed by atoms with Gasteiger partial charge in [-0.1, -0.05) is 31.4 Å². The Kier molecular flexibility index (Phi) is 5.30. The van der Waals surface area contributed by atoms with Gasteiger partial charge in [-0.05, 0) is 74.9 Å². The van der Waals surface area contributed by atoms with Crippen molar-refractivity contribution in [1.29, 1.82) is 0 Å². The molecule has 1 aliphatic heterocycles. The summed E-state index contributed by atoms with van der Waals surface area (Å²) < 4.78 is 1.52. The normalized spacial score (nSPS) is 20.3. The second-order valence-corrected chi connectivity index (χ2v) is 8.29. The van der Waals surface area contributed by atoms with Gasteiger partial charge in [0.15, 0.2) is 0 Å². The van der Waals surface area contributed by atoms with Crippen LogP contribution in [0.25, 0.3) is 5.69 Å². The van der Waals surface area contributed by atoms with Crippen LogP contribution in [-0.4, -0.2) is 33.6 Å². The Morgan fingerprint density at radius 2 is 1.74 bits per heavy atom. The number of anilines is 1. The maximum Gasteiger partial charge on any atom is 0.354 e. The van der Waals surface area contributed by atoms with Crippen molar-refractivity contribution in [2.75, 3.05) is 18.8 Å². The van der Waals surface area contributed by atoms with Crippen LogP contribution in [0.1, 0.15) is 44.6 Å². The molecule has 0 spiro atoms. The highest BCUT2D eigenvalue weighted by atomic mass is 16.1. The lowest BCUT2D eigenvalue weighted by Crippen LogP contribution is -2.43. The first-order valence-electron chi connectivity index (χ1n) is 10.3. The Bertz CT molecular complexity index is 817. The van der Waals surface area contributed by atoms with Crippen molar-refractivity contribution in [3.63, 3.8) is 0 Å². The molecule has 2 fully saturated rings. The summed E-state index contributed by atoms with van der Waals surface area (Å²) in [5, 5.41) is 0. The van der Waals surface area contributed by atoms with E-state index in [1.165, 1.54) is 55.3 Å². The lowest BCUT2D eigenvalue weighted by atomic mass is 9.72. The quantitative estimate of drug-likeness (QED) is 0.882. The van der Waals surface area contributed by atoms with E-state index in [1.54, 1.807) is 12.3 Å². The summed E-state index contributed by atoms with van der Waals surface area (Å²) in [4.78, 5) is 18.4. The number of nitrogens with two attached hydrogens (primary N) is 1. The largest absolute Gasteiger partial charge is 0.383 e. The van der Waals surface area contributed by atoms with Gasteiger partial charge >= 0.3 is 5.69 Å². The summed E-state index contributed by atoms with van der Waals surface area (Å²) in [5.41, 5.74) is 7.35. The molecule has 1 aromatic carbocycles. The third-order valence-corrected chi connectivity index (χ3v) is 6.58. The topological polar surface area (TPSA) is 64.2 Å². The Balaban J connectivity index is 1.34. The molecule has 2 aromatic rings. The summed E-state index contributed by atoms with van der Waals surface area (Å²) in [6, 6.07) is 10.4. The number of rotatable bonds is 5. The molecule has 4 rings (SSSR count). The van der Waals surface area contributed by atoms with Crippen LogP contribution in [0.4, 0.5) is 5.82 Å². The zero-order valence-electron chi connectivity index (χ0n) is 16.2. The van der Waals surface area contributed by atoms with Crippen LogP contribution in [-0.2, 0) is 6.42 Å². The van der Waals surface area contributed by atoms with E-state index in [9.17, 15) is 4.79 Å². The SMILES string of the molecule is CC(Cc1ccc(-n2ccc(N)nc2=O)cc1)N1CCC(C2CCC2)CC1. The van der Waals surface area contributed by atoms with Crippen LogP contribution in [0, 0.1) is 11.8 Å². The summed E-state index contributed by atoms with van der Waals surface area (Å²) >= 11 is 0. The van der Waals surface area contributed by atoms with E-state index in [1.807, 2.05) is 12.1 Å². The van der Waals surface area contributed by atoms with Crippen molar-refractivity contribution in [3.8, 4) is 5.69 Å². The number of aromatic nitrogens is 2. The molecule has 5 nitrogen and oxygen atoms in total. The smallest absolute Gasteiger partial charge is 0.354 e.